The molecule has 2 aromatic rings. The molecule has 0 aliphatic carbocycles. The average Bonchev–Trinajstić information content (AvgIpc) is 2.99. The number of piperidine rings is 1. The second-order valence-electron chi connectivity index (χ2n) is 5.27. The summed E-state index contributed by atoms with van der Waals surface area (Å²) in [5.41, 5.74) is 0. The molecule has 1 fully saturated rings. The Kier molecular flexibility index (Phi) is 3.77. The van der Waals surface area contributed by atoms with Gasteiger partial charge in [-0.25, -0.2) is 18.1 Å². The molecule has 0 saturated carbocycles. The van der Waals surface area contributed by atoms with E-state index in [2.05, 4.69) is 10.1 Å². The first-order valence-corrected chi connectivity index (χ1v) is 8.51. The molecule has 2 aromatic heterocycles. The molecule has 112 valence electrons. The van der Waals surface area contributed by atoms with Crippen LogP contribution in [0.15, 0.2) is 41.7 Å². The van der Waals surface area contributed by atoms with Crippen LogP contribution in [0, 0.1) is 0 Å². The van der Waals surface area contributed by atoms with E-state index in [1.54, 1.807) is 22.6 Å². The molecular weight excluding hydrogens is 288 g/mol. The molecule has 1 saturated heterocycles. The Bertz CT molecular complexity index is 712. The van der Waals surface area contributed by atoms with Gasteiger partial charge >= 0.3 is 0 Å². The lowest BCUT2D eigenvalue weighted by Crippen LogP contribution is -2.41. The van der Waals surface area contributed by atoms with Crippen molar-refractivity contribution in [1.82, 2.24) is 19.1 Å². The minimum absolute atomic E-state index is 0.0435. The van der Waals surface area contributed by atoms with Gasteiger partial charge in [-0.1, -0.05) is 12.5 Å². The van der Waals surface area contributed by atoms with E-state index in [0.717, 1.165) is 19.3 Å². The van der Waals surface area contributed by atoms with E-state index in [4.69, 9.17) is 0 Å². The first-order valence-electron chi connectivity index (χ1n) is 7.07. The van der Waals surface area contributed by atoms with Crippen molar-refractivity contribution >= 4 is 10.0 Å². The van der Waals surface area contributed by atoms with E-state index in [1.165, 1.54) is 17.1 Å². The Morgan fingerprint density at radius 2 is 2.14 bits per heavy atom. The van der Waals surface area contributed by atoms with Crippen molar-refractivity contribution in [2.75, 3.05) is 6.54 Å². The van der Waals surface area contributed by atoms with Crippen LogP contribution in [0.2, 0.25) is 0 Å². The van der Waals surface area contributed by atoms with Crippen LogP contribution >= 0.6 is 0 Å². The highest BCUT2D eigenvalue weighted by molar-refractivity contribution is 7.89. The standard InChI is InChI=1S/C14H18N4O2S/c1-12-6-3-5-9-18(12)21(19,20)13-10-16-17(11-13)14-7-2-4-8-15-14/h2,4,7-8,10-12H,3,5-6,9H2,1H3/t12-/m1/s1. The molecule has 0 bridgehead atoms. The SMILES string of the molecule is C[C@@H]1CCCCN1S(=O)(=O)c1cnn(-c2ccccn2)c1. The summed E-state index contributed by atoms with van der Waals surface area (Å²) in [6.45, 7) is 2.54. The highest BCUT2D eigenvalue weighted by atomic mass is 32.2. The van der Waals surface area contributed by atoms with Gasteiger partial charge in [0, 0.05) is 18.8 Å². The quantitative estimate of drug-likeness (QED) is 0.867. The third-order valence-corrected chi connectivity index (χ3v) is 5.76. The summed E-state index contributed by atoms with van der Waals surface area (Å²) in [6, 6.07) is 5.47. The Balaban J connectivity index is 1.92. The van der Waals surface area contributed by atoms with Gasteiger partial charge in [-0.05, 0) is 31.9 Å². The molecule has 6 nitrogen and oxygen atoms in total. The Morgan fingerprint density at radius 3 is 2.86 bits per heavy atom. The van der Waals surface area contributed by atoms with Crippen molar-refractivity contribution in [3.63, 3.8) is 0 Å². The largest absolute Gasteiger partial charge is 0.246 e. The van der Waals surface area contributed by atoms with Gasteiger partial charge in [0.2, 0.25) is 10.0 Å². The van der Waals surface area contributed by atoms with Crippen molar-refractivity contribution in [1.29, 1.82) is 0 Å². The van der Waals surface area contributed by atoms with Gasteiger partial charge in [-0.3, -0.25) is 0 Å². The topological polar surface area (TPSA) is 68.1 Å². The van der Waals surface area contributed by atoms with Crippen LogP contribution in [0.4, 0.5) is 0 Å². The van der Waals surface area contributed by atoms with E-state index in [0.29, 0.717) is 12.4 Å². The Labute approximate surface area is 124 Å². The van der Waals surface area contributed by atoms with Crippen molar-refractivity contribution in [3.05, 3.63) is 36.8 Å². The van der Waals surface area contributed by atoms with Crippen LogP contribution in [0.5, 0.6) is 0 Å². The predicted molar refractivity (Wildman–Crippen MR) is 78.6 cm³/mol. The molecule has 0 amide bonds. The number of aromatic nitrogens is 3. The summed E-state index contributed by atoms with van der Waals surface area (Å²) in [4.78, 5) is 4.39. The molecule has 1 atom stereocenters. The summed E-state index contributed by atoms with van der Waals surface area (Å²) in [5.74, 6) is 0.602. The molecule has 0 unspecified atom stereocenters. The molecular formula is C14H18N4O2S. The van der Waals surface area contributed by atoms with E-state index in [-0.39, 0.29) is 10.9 Å². The van der Waals surface area contributed by atoms with E-state index in [9.17, 15) is 8.42 Å². The van der Waals surface area contributed by atoms with Crippen LogP contribution in [-0.4, -0.2) is 40.1 Å². The number of rotatable bonds is 3. The minimum Gasteiger partial charge on any atom is -0.237 e. The molecule has 21 heavy (non-hydrogen) atoms. The maximum Gasteiger partial charge on any atom is 0.246 e. The van der Waals surface area contributed by atoms with Crippen LogP contribution in [0.25, 0.3) is 5.82 Å². The predicted octanol–water partition coefficient (Wildman–Crippen LogP) is 1.83. The van der Waals surface area contributed by atoms with Gasteiger partial charge in [0.1, 0.15) is 4.90 Å². The molecule has 3 rings (SSSR count). The smallest absolute Gasteiger partial charge is 0.237 e. The number of hydrogen-bond acceptors (Lipinski definition) is 4. The van der Waals surface area contributed by atoms with Crippen molar-refractivity contribution < 1.29 is 8.42 Å². The molecule has 1 aliphatic rings. The van der Waals surface area contributed by atoms with Crippen LogP contribution in [-0.2, 0) is 10.0 Å². The van der Waals surface area contributed by atoms with E-state index >= 15 is 0 Å². The van der Waals surface area contributed by atoms with Gasteiger partial charge in [0.05, 0.1) is 12.4 Å². The monoisotopic (exact) mass is 306 g/mol. The average molecular weight is 306 g/mol. The fraction of sp³-hybridized carbons (Fsp3) is 0.429. The zero-order valence-corrected chi connectivity index (χ0v) is 12.7. The van der Waals surface area contributed by atoms with E-state index < -0.39 is 10.0 Å². The molecule has 7 heteroatoms. The number of pyridine rings is 1. The van der Waals surface area contributed by atoms with E-state index in [1.807, 2.05) is 13.0 Å². The first kappa shape index (κ1) is 14.2. The van der Waals surface area contributed by atoms with Crippen LogP contribution in [0.1, 0.15) is 26.2 Å². The molecule has 1 aliphatic heterocycles. The second kappa shape index (κ2) is 5.57. The number of nitrogens with zero attached hydrogens (tertiary/aromatic N) is 4. The zero-order valence-electron chi connectivity index (χ0n) is 11.9. The lowest BCUT2D eigenvalue weighted by molar-refractivity contribution is 0.268. The highest BCUT2D eigenvalue weighted by Gasteiger charge is 2.31. The molecule has 0 N–H and O–H groups in total. The Morgan fingerprint density at radius 1 is 1.29 bits per heavy atom. The maximum absolute atomic E-state index is 12.7. The molecule has 0 spiro atoms. The summed E-state index contributed by atoms with van der Waals surface area (Å²) < 4.78 is 28.5. The highest BCUT2D eigenvalue weighted by Crippen LogP contribution is 2.25. The van der Waals surface area contributed by atoms with Gasteiger partial charge < -0.3 is 0 Å². The third kappa shape index (κ3) is 2.71. The summed E-state index contributed by atoms with van der Waals surface area (Å²) in [7, 11) is -3.48. The first-order chi connectivity index (χ1) is 10.1. The summed E-state index contributed by atoms with van der Waals surface area (Å²) in [5, 5.41) is 4.12. The van der Waals surface area contributed by atoms with Crippen molar-refractivity contribution in [2.45, 2.75) is 37.1 Å². The summed E-state index contributed by atoms with van der Waals surface area (Å²) in [6.07, 6.45) is 7.48. The van der Waals surface area contributed by atoms with Gasteiger partial charge in [0.15, 0.2) is 5.82 Å². The maximum atomic E-state index is 12.7. The lowest BCUT2D eigenvalue weighted by atomic mass is 10.1. The number of sulfonamides is 1. The second-order valence-corrected chi connectivity index (χ2v) is 7.16. The van der Waals surface area contributed by atoms with Crippen LogP contribution < -0.4 is 0 Å². The molecule has 0 aromatic carbocycles. The minimum atomic E-state index is -3.48. The fourth-order valence-electron chi connectivity index (χ4n) is 2.62. The zero-order chi connectivity index (χ0) is 14.9. The Hall–Kier alpha value is -1.73. The van der Waals surface area contributed by atoms with Crippen molar-refractivity contribution in [3.8, 4) is 5.82 Å². The summed E-state index contributed by atoms with van der Waals surface area (Å²) >= 11 is 0. The fourth-order valence-corrected chi connectivity index (χ4v) is 4.25. The van der Waals surface area contributed by atoms with Crippen molar-refractivity contribution in [2.24, 2.45) is 0 Å². The third-order valence-electron chi connectivity index (χ3n) is 3.79. The van der Waals surface area contributed by atoms with Gasteiger partial charge in [-0.15, -0.1) is 0 Å². The number of hydrogen-bond donors (Lipinski definition) is 0. The normalized spacial score (nSPS) is 20.5. The lowest BCUT2D eigenvalue weighted by Gasteiger charge is -2.31. The molecule has 0 radical (unpaired) electrons. The van der Waals surface area contributed by atoms with Gasteiger partial charge in [-0.2, -0.15) is 9.40 Å². The molecule has 3 heterocycles. The van der Waals surface area contributed by atoms with Gasteiger partial charge in [0.25, 0.3) is 0 Å². The van der Waals surface area contributed by atoms with Crippen LogP contribution in [0.3, 0.4) is 0 Å².